The number of hydrogen-bond acceptors (Lipinski definition) is 8. The first-order valence-electron chi connectivity index (χ1n) is 21.1. The number of unbranched alkanes of at least 4 members (excludes halogenated alkanes) is 15. The average Bonchev–Trinajstić information content (AvgIpc) is 3.64. The molecule has 2 aromatic carbocycles. The van der Waals surface area contributed by atoms with E-state index in [2.05, 4.69) is 10.6 Å². The van der Waals surface area contributed by atoms with Crippen LogP contribution in [0.4, 0.5) is 5.69 Å². The Labute approximate surface area is 338 Å². The van der Waals surface area contributed by atoms with Crippen molar-refractivity contribution < 1.29 is 33.5 Å². The minimum absolute atomic E-state index is 0.0254. The summed E-state index contributed by atoms with van der Waals surface area (Å²) in [4.78, 5) is 73.6. The van der Waals surface area contributed by atoms with Crippen LogP contribution < -0.4 is 10.6 Å². The molecule has 10 nitrogen and oxygen atoms in total. The molecular formula is C45H63N3O7S. The monoisotopic (exact) mass is 789 g/mol. The highest BCUT2D eigenvalue weighted by Crippen LogP contribution is 2.45. The van der Waals surface area contributed by atoms with Gasteiger partial charge >= 0.3 is 5.97 Å². The van der Waals surface area contributed by atoms with Crippen molar-refractivity contribution in [3.05, 3.63) is 53.6 Å². The van der Waals surface area contributed by atoms with Gasteiger partial charge in [0.25, 0.3) is 0 Å². The van der Waals surface area contributed by atoms with Crippen LogP contribution in [0.1, 0.15) is 152 Å². The first-order chi connectivity index (χ1) is 27.3. The molecule has 4 amide bonds. The summed E-state index contributed by atoms with van der Waals surface area (Å²) < 4.78 is 5.37. The maximum Gasteiger partial charge on any atom is 0.302 e. The van der Waals surface area contributed by atoms with E-state index in [0.717, 1.165) is 79.2 Å². The number of benzene rings is 2. The fourth-order valence-corrected chi connectivity index (χ4v) is 8.81. The van der Waals surface area contributed by atoms with Gasteiger partial charge in [0.2, 0.25) is 23.6 Å². The number of nitrogens with zero attached hydrogens (tertiary/aromatic N) is 1. The summed E-state index contributed by atoms with van der Waals surface area (Å²) in [5.41, 5.74) is 4.82. The van der Waals surface area contributed by atoms with E-state index < -0.39 is 0 Å². The number of nitrogens with one attached hydrogen (secondary N) is 2. The number of anilines is 1. The van der Waals surface area contributed by atoms with Gasteiger partial charge in [-0.1, -0.05) is 107 Å². The Morgan fingerprint density at radius 2 is 1.41 bits per heavy atom. The maximum atomic E-state index is 13.0. The van der Waals surface area contributed by atoms with Crippen LogP contribution in [0, 0.1) is 0 Å². The van der Waals surface area contributed by atoms with Gasteiger partial charge < -0.3 is 20.2 Å². The molecule has 0 aromatic heterocycles. The van der Waals surface area contributed by atoms with E-state index in [1.54, 1.807) is 11.8 Å². The molecule has 11 heteroatoms. The van der Waals surface area contributed by atoms with Gasteiger partial charge in [-0.15, -0.1) is 11.8 Å². The van der Waals surface area contributed by atoms with Crippen LogP contribution in [-0.2, 0) is 33.5 Å². The van der Waals surface area contributed by atoms with E-state index in [9.17, 15) is 28.8 Å². The van der Waals surface area contributed by atoms with E-state index in [4.69, 9.17) is 4.74 Å². The van der Waals surface area contributed by atoms with Gasteiger partial charge in [-0.25, -0.2) is 0 Å². The van der Waals surface area contributed by atoms with E-state index in [1.165, 1.54) is 69.6 Å². The minimum atomic E-state index is -0.362. The number of fused-ring (bicyclic) bond motifs is 3. The highest BCUT2D eigenvalue weighted by molar-refractivity contribution is 8.00. The third-order valence-corrected chi connectivity index (χ3v) is 12.0. The largest absolute Gasteiger partial charge is 0.465 e. The van der Waals surface area contributed by atoms with Crippen LogP contribution >= 0.6 is 11.8 Å². The highest BCUT2D eigenvalue weighted by atomic mass is 32.2. The third-order valence-electron chi connectivity index (χ3n) is 10.7. The predicted octanol–water partition coefficient (Wildman–Crippen LogP) is 8.89. The second-order valence-corrected chi connectivity index (χ2v) is 16.5. The predicted molar refractivity (Wildman–Crippen MR) is 223 cm³/mol. The van der Waals surface area contributed by atoms with Crippen LogP contribution in [0.3, 0.4) is 0 Å². The van der Waals surface area contributed by atoms with Crippen LogP contribution in [-0.4, -0.2) is 71.5 Å². The van der Waals surface area contributed by atoms with Crippen molar-refractivity contribution in [2.24, 2.45) is 0 Å². The van der Waals surface area contributed by atoms with Gasteiger partial charge in [-0.2, -0.15) is 0 Å². The standard InChI is InChI=1S/C45H63N3O7S/c1-34(50)55-33-40-37-22-17-16-21-36(37)38-25-24-35(31-39(38)40)47-43(52)26-28-48-44(53)32-41(45(48)54)56-30-20-14-10-8-6-4-2-3-5-7-9-11-15-23-42(51)46-27-18-12-13-19-29-49/h16-17,21-22,24-25,29,31,40-41H,2-15,18-20,23,26-28,30,32-33H2,1H3,(H,46,51)(H,47,52). The number of esters is 1. The van der Waals surface area contributed by atoms with Crippen LogP contribution in [0.5, 0.6) is 0 Å². The summed E-state index contributed by atoms with van der Waals surface area (Å²) >= 11 is 1.57. The van der Waals surface area contributed by atoms with Crippen molar-refractivity contribution in [1.82, 2.24) is 10.2 Å². The van der Waals surface area contributed by atoms with Gasteiger partial charge in [0.05, 0.1) is 5.25 Å². The molecule has 2 aliphatic rings. The molecule has 0 radical (unpaired) electrons. The summed E-state index contributed by atoms with van der Waals surface area (Å²) in [5, 5.41) is 5.54. The van der Waals surface area contributed by atoms with Crippen molar-refractivity contribution in [1.29, 1.82) is 0 Å². The van der Waals surface area contributed by atoms with E-state index in [0.29, 0.717) is 25.1 Å². The Balaban J connectivity index is 0.985. The van der Waals surface area contributed by atoms with Crippen LogP contribution in [0.2, 0.25) is 0 Å². The normalized spacial score (nSPS) is 15.8. The topological polar surface area (TPSA) is 139 Å². The molecule has 2 atom stereocenters. The van der Waals surface area contributed by atoms with E-state index in [-0.39, 0.29) is 66.8 Å². The summed E-state index contributed by atoms with van der Waals surface area (Å²) in [7, 11) is 0. The molecule has 2 unspecified atom stereocenters. The number of carbonyl (C=O) groups excluding carboxylic acids is 6. The zero-order valence-electron chi connectivity index (χ0n) is 33.5. The molecular weight excluding hydrogens is 727 g/mol. The number of aldehydes is 1. The number of carbonyl (C=O) groups is 6. The number of likely N-dealkylation sites (tertiary alicyclic amines) is 1. The molecule has 1 aliphatic heterocycles. The first-order valence-corrected chi connectivity index (χ1v) is 22.2. The number of ether oxygens (including phenoxy) is 1. The minimum Gasteiger partial charge on any atom is -0.465 e. The summed E-state index contributed by atoms with van der Waals surface area (Å²) in [6.45, 7) is 2.40. The molecule has 0 bridgehead atoms. The van der Waals surface area contributed by atoms with Crippen molar-refractivity contribution >= 4 is 53.3 Å². The van der Waals surface area contributed by atoms with Gasteiger partial charge in [0, 0.05) is 57.3 Å². The molecule has 2 aromatic rings. The second kappa shape index (κ2) is 25.3. The SMILES string of the molecule is CC(=O)OCC1c2ccccc2-c2ccc(NC(=O)CCN3C(=O)CC(SCCCCCCCCCCCCCCCC(=O)NCCCCCC=O)C3=O)cc21. The number of amides is 4. The Kier molecular flexibility index (Phi) is 20.2. The summed E-state index contributed by atoms with van der Waals surface area (Å²) in [6.07, 6.45) is 20.7. The van der Waals surface area contributed by atoms with Crippen molar-refractivity contribution in [2.75, 3.05) is 30.8 Å². The van der Waals surface area contributed by atoms with Gasteiger partial charge in [-0.3, -0.25) is 28.9 Å². The van der Waals surface area contributed by atoms with E-state index in [1.807, 2.05) is 42.5 Å². The molecule has 1 heterocycles. The Morgan fingerprint density at radius 3 is 2.11 bits per heavy atom. The third kappa shape index (κ3) is 15.2. The lowest BCUT2D eigenvalue weighted by Crippen LogP contribution is -2.34. The van der Waals surface area contributed by atoms with Crippen molar-refractivity contribution in [2.45, 2.75) is 147 Å². The quantitative estimate of drug-likeness (QED) is 0.0361. The Morgan fingerprint density at radius 1 is 0.768 bits per heavy atom. The average molecular weight is 790 g/mol. The summed E-state index contributed by atoms with van der Waals surface area (Å²) in [6, 6.07) is 13.8. The van der Waals surface area contributed by atoms with Crippen LogP contribution in [0.25, 0.3) is 11.1 Å². The van der Waals surface area contributed by atoms with Gasteiger partial charge in [0.1, 0.15) is 12.9 Å². The van der Waals surface area contributed by atoms with Crippen molar-refractivity contribution in [3.8, 4) is 11.1 Å². The lowest BCUT2D eigenvalue weighted by molar-refractivity contribution is -0.141. The fourth-order valence-electron chi connectivity index (χ4n) is 7.63. The molecule has 1 fully saturated rings. The number of hydrogen-bond donors (Lipinski definition) is 2. The van der Waals surface area contributed by atoms with Crippen LogP contribution in [0.15, 0.2) is 42.5 Å². The molecule has 1 aliphatic carbocycles. The summed E-state index contributed by atoms with van der Waals surface area (Å²) in [5.74, 6) is -0.124. The smallest absolute Gasteiger partial charge is 0.302 e. The molecule has 56 heavy (non-hydrogen) atoms. The maximum absolute atomic E-state index is 13.0. The molecule has 0 saturated carbocycles. The Bertz CT molecular complexity index is 1600. The molecule has 2 N–H and O–H groups in total. The fraction of sp³-hybridized carbons (Fsp3) is 0.600. The number of rotatable bonds is 29. The zero-order valence-corrected chi connectivity index (χ0v) is 34.3. The Hall–Kier alpha value is -3.99. The molecule has 306 valence electrons. The highest BCUT2D eigenvalue weighted by Gasteiger charge is 2.38. The van der Waals surface area contributed by atoms with Gasteiger partial charge in [0.15, 0.2) is 0 Å². The number of imide groups is 1. The lowest BCUT2D eigenvalue weighted by Gasteiger charge is -2.16. The van der Waals surface area contributed by atoms with Crippen molar-refractivity contribution in [3.63, 3.8) is 0 Å². The molecule has 0 spiro atoms. The molecule has 4 rings (SSSR count). The van der Waals surface area contributed by atoms with E-state index >= 15 is 0 Å². The van der Waals surface area contributed by atoms with Gasteiger partial charge in [-0.05, 0) is 65.8 Å². The molecule has 1 saturated heterocycles. The second-order valence-electron chi connectivity index (χ2n) is 15.2. The lowest BCUT2D eigenvalue weighted by atomic mass is 9.97. The zero-order chi connectivity index (χ0) is 40.0. The number of thioether (sulfide) groups is 1. The first kappa shape index (κ1) is 44.7.